The summed E-state index contributed by atoms with van der Waals surface area (Å²) in [6.07, 6.45) is 5.90. The van der Waals surface area contributed by atoms with Crippen LogP contribution >= 0.6 is 0 Å². The Labute approximate surface area is 146 Å². The van der Waals surface area contributed by atoms with Gasteiger partial charge in [0.25, 0.3) is 0 Å². The van der Waals surface area contributed by atoms with Crippen molar-refractivity contribution in [3.63, 3.8) is 0 Å². The van der Waals surface area contributed by atoms with Gasteiger partial charge in [0.15, 0.2) is 5.65 Å². The summed E-state index contributed by atoms with van der Waals surface area (Å²) in [5.41, 5.74) is 4.89. The molecule has 4 heteroatoms. The van der Waals surface area contributed by atoms with E-state index in [1.54, 1.807) is 0 Å². The van der Waals surface area contributed by atoms with E-state index >= 15 is 0 Å². The molecule has 0 fully saturated rings. The highest BCUT2D eigenvalue weighted by molar-refractivity contribution is 5.84. The Morgan fingerprint density at radius 2 is 1.60 bits per heavy atom. The van der Waals surface area contributed by atoms with Crippen molar-refractivity contribution in [1.82, 2.24) is 19.5 Å². The molecule has 0 bridgehead atoms. The Kier molecular flexibility index (Phi) is 4.09. The zero-order valence-corrected chi connectivity index (χ0v) is 14.0. The molecule has 4 nitrogen and oxygen atoms in total. The first-order valence-corrected chi connectivity index (χ1v) is 8.26. The molecule has 0 N–H and O–H groups in total. The fourth-order valence-corrected chi connectivity index (χ4v) is 2.83. The van der Waals surface area contributed by atoms with Gasteiger partial charge in [0.1, 0.15) is 11.3 Å². The van der Waals surface area contributed by atoms with E-state index < -0.39 is 0 Å². The quantitative estimate of drug-likeness (QED) is 0.560. The Morgan fingerprint density at radius 3 is 2.36 bits per heavy atom. The molecule has 4 rings (SSSR count). The second-order valence-electron chi connectivity index (χ2n) is 5.93. The maximum Gasteiger partial charge on any atom is 0.164 e. The lowest BCUT2D eigenvalue weighted by molar-refractivity contribution is 0.810. The standard InChI is InChI=1S/C21H18N4/c1-16-23-19(13-12-17-8-4-2-5-9-17)20-21(24-16)25(15-22-20)14-18-10-6-3-7-11-18/h2-13,15H,14H2,1H3/b13-12+. The van der Waals surface area contributed by atoms with Gasteiger partial charge in [-0.25, -0.2) is 15.0 Å². The van der Waals surface area contributed by atoms with Gasteiger partial charge in [-0.05, 0) is 24.1 Å². The molecule has 0 radical (unpaired) electrons. The third-order valence-corrected chi connectivity index (χ3v) is 4.03. The summed E-state index contributed by atoms with van der Waals surface area (Å²) in [5.74, 6) is 0.745. The van der Waals surface area contributed by atoms with Gasteiger partial charge < -0.3 is 4.57 Å². The van der Waals surface area contributed by atoms with Gasteiger partial charge in [-0.1, -0.05) is 66.7 Å². The zero-order valence-electron chi connectivity index (χ0n) is 14.0. The fraction of sp³-hybridized carbons (Fsp3) is 0.0952. The van der Waals surface area contributed by atoms with Crippen LogP contribution in [-0.4, -0.2) is 19.5 Å². The summed E-state index contributed by atoms with van der Waals surface area (Å²) in [7, 11) is 0. The van der Waals surface area contributed by atoms with Crippen LogP contribution in [0.3, 0.4) is 0 Å². The van der Waals surface area contributed by atoms with Crippen molar-refractivity contribution in [2.75, 3.05) is 0 Å². The van der Waals surface area contributed by atoms with Gasteiger partial charge in [0, 0.05) is 0 Å². The van der Waals surface area contributed by atoms with E-state index in [-0.39, 0.29) is 0 Å². The fourth-order valence-electron chi connectivity index (χ4n) is 2.83. The normalized spacial score (nSPS) is 11.4. The van der Waals surface area contributed by atoms with Crippen LogP contribution < -0.4 is 0 Å². The number of fused-ring (bicyclic) bond motifs is 1. The minimum Gasteiger partial charge on any atom is -0.311 e. The van der Waals surface area contributed by atoms with Gasteiger partial charge in [0.2, 0.25) is 0 Å². The van der Waals surface area contributed by atoms with E-state index in [1.165, 1.54) is 5.56 Å². The van der Waals surface area contributed by atoms with E-state index in [2.05, 4.69) is 49.9 Å². The molecule has 2 heterocycles. The maximum absolute atomic E-state index is 4.60. The number of hydrogen-bond acceptors (Lipinski definition) is 3. The number of rotatable bonds is 4. The first-order chi connectivity index (χ1) is 12.3. The SMILES string of the molecule is Cc1nc(/C=C/c2ccccc2)c2ncn(Cc3ccccc3)c2n1. The monoisotopic (exact) mass is 326 g/mol. The lowest BCUT2D eigenvalue weighted by atomic mass is 10.2. The van der Waals surface area contributed by atoms with E-state index in [1.807, 2.05) is 55.7 Å². The minimum atomic E-state index is 0.745. The third kappa shape index (κ3) is 3.33. The number of imidazole rings is 1. The second kappa shape index (κ2) is 6.69. The highest BCUT2D eigenvalue weighted by Crippen LogP contribution is 2.18. The Balaban J connectivity index is 1.73. The highest BCUT2D eigenvalue weighted by atomic mass is 15.1. The van der Waals surface area contributed by atoms with Gasteiger partial charge >= 0.3 is 0 Å². The smallest absolute Gasteiger partial charge is 0.164 e. The molecular formula is C21H18N4. The van der Waals surface area contributed by atoms with Crippen LogP contribution in [0, 0.1) is 6.92 Å². The Hall–Kier alpha value is -3.27. The molecule has 25 heavy (non-hydrogen) atoms. The molecule has 2 aromatic heterocycles. The maximum atomic E-state index is 4.60. The van der Waals surface area contributed by atoms with Crippen LogP contribution in [0.1, 0.15) is 22.6 Å². The average molecular weight is 326 g/mol. The summed E-state index contributed by atoms with van der Waals surface area (Å²) in [6, 6.07) is 20.5. The van der Waals surface area contributed by atoms with Crippen LogP contribution in [0.2, 0.25) is 0 Å². The molecule has 4 aromatic rings. The summed E-state index contributed by atoms with van der Waals surface area (Å²) in [4.78, 5) is 13.7. The molecule has 0 aliphatic rings. The molecule has 0 atom stereocenters. The van der Waals surface area contributed by atoms with E-state index in [0.717, 1.165) is 34.8 Å². The van der Waals surface area contributed by atoms with E-state index in [0.29, 0.717) is 0 Å². The van der Waals surface area contributed by atoms with Crippen LogP contribution in [0.25, 0.3) is 23.3 Å². The molecule has 0 amide bonds. The lowest BCUT2D eigenvalue weighted by Gasteiger charge is -2.05. The summed E-state index contributed by atoms with van der Waals surface area (Å²) >= 11 is 0. The summed E-state index contributed by atoms with van der Waals surface area (Å²) in [5, 5.41) is 0. The van der Waals surface area contributed by atoms with Crippen molar-refractivity contribution >= 4 is 23.3 Å². The van der Waals surface area contributed by atoms with Crippen LogP contribution in [-0.2, 0) is 6.54 Å². The predicted molar refractivity (Wildman–Crippen MR) is 101 cm³/mol. The number of benzene rings is 2. The predicted octanol–water partition coefficient (Wildman–Crippen LogP) is 4.35. The number of aryl methyl sites for hydroxylation is 1. The van der Waals surface area contributed by atoms with Crippen LogP contribution in [0.4, 0.5) is 0 Å². The topological polar surface area (TPSA) is 43.6 Å². The van der Waals surface area contributed by atoms with Crippen molar-refractivity contribution < 1.29 is 0 Å². The molecule has 0 unspecified atom stereocenters. The van der Waals surface area contributed by atoms with Gasteiger partial charge in [-0.3, -0.25) is 0 Å². The molecule has 0 saturated heterocycles. The van der Waals surface area contributed by atoms with Crippen molar-refractivity contribution in [2.45, 2.75) is 13.5 Å². The van der Waals surface area contributed by atoms with Crippen molar-refractivity contribution in [3.8, 4) is 0 Å². The van der Waals surface area contributed by atoms with Crippen molar-refractivity contribution in [1.29, 1.82) is 0 Å². The lowest BCUT2D eigenvalue weighted by Crippen LogP contribution is -2.01. The first kappa shape index (κ1) is 15.3. The third-order valence-electron chi connectivity index (χ3n) is 4.03. The second-order valence-corrected chi connectivity index (χ2v) is 5.93. The minimum absolute atomic E-state index is 0.745. The number of nitrogens with zero attached hydrogens (tertiary/aromatic N) is 4. The van der Waals surface area contributed by atoms with E-state index in [4.69, 9.17) is 0 Å². The summed E-state index contributed by atoms with van der Waals surface area (Å²) in [6.45, 7) is 2.66. The number of hydrogen-bond donors (Lipinski definition) is 0. The molecule has 122 valence electrons. The Morgan fingerprint density at radius 1 is 0.880 bits per heavy atom. The highest BCUT2D eigenvalue weighted by Gasteiger charge is 2.10. The molecular weight excluding hydrogens is 308 g/mol. The van der Waals surface area contributed by atoms with Gasteiger partial charge in [0.05, 0.1) is 18.6 Å². The average Bonchev–Trinajstić information content (AvgIpc) is 3.04. The van der Waals surface area contributed by atoms with E-state index in [9.17, 15) is 0 Å². The van der Waals surface area contributed by atoms with Crippen LogP contribution in [0.15, 0.2) is 67.0 Å². The zero-order chi connectivity index (χ0) is 17.1. The van der Waals surface area contributed by atoms with Gasteiger partial charge in [-0.15, -0.1) is 0 Å². The summed E-state index contributed by atoms with van der Waals surface area (Å²) < 4.78 is 2.07. The van der Waals surface area contributed by atoms with Crippen molar-refractivity contribution in [2.24, 2.45) is 0 Å². The molecule has 0 aliphatic carbocycles. The first-order valence-electron chi connectivity index (χ1n) is 8.26. The number of aromatic nitrogens is 4. The Bertz CT molecular complexity index is 1020. The van der Waals surface area contributed by atoms with Gasteiger partial charge in [-0.2, -0.15) is 0 Å². The largest absolute Gasteiger partial charge is 0.311 e. The van der Waals surface area contributed by atoms with Crippen molar-refractivity contribution in [3.05, 3.63) is 89.6 Å². The molecule has 0 aliphatic heterocycles. The molecule has 2 aromatic carbocycles. The molecule has 0 spiro atoms. The molecule has 0 saturated carbocycles. The van der Waals surface area contributed by atoms with Crippen LogP contribution in [0.5, 0.6) is 0 Å².